The van der Waals surface area contributed by atoms with Crippen molar-refractivity contribution < 1.29 is 4.79 Å². The molecule has 0 aromatic carbocycles. The van der Waals surface area contributed by atoms with Crippen molar-refractivity contribution in [2.45, 2.75) is 26.3 Å². The maximum Gasteiger partial charge on any atom is 0.241 e. The van der Waals surface area contributed by atoms with Gasteiger partial charge in [0.15, 0.2) is 5.96 Å². The van der Waals surface area contributed by atoms with Gasteiger partial charge in [0.2, 0.25) is 5.91 Å². The Morgan fingerprint density at radius 1 is 1.14 bits per heavy atom. The minimum atomic E-state index is 0.143. The maximum atomic E-state index is 12.2. The Bertz CT molecular complexity index is 664. The van der Waals surface area contributed by atoms with Crippen LogP contribution in [-0.2, 0) is 11.3 Å². The van der Waals surface area contributed by atoms with E-state index in [1.165, 1.54) is 0 Å². The lowest BCUT2D eigenvalue weighted by Crippen LogP contribution is -2.44. The van der Waals surface area contributed by atoms with Gasteiger partial charge in [-0.25, -0.2) is 9.98 Å². The number of nitrogens with one attached hydrogen (secondary N) is 2. The molecule has 2 saturated heterocycles. The predicted molar refractivity (Wildman–Crippen MR) is 113 cm³/mol. The molecule has 1 aromatic rings. The molecule has 0 atom stereocenters. The van der Waals surface area contributed by atoms with E-state index in [2.05, 4.69) is 43.5 Å². The summed E-state index contributed by atoms with van der Waals surface area (Å²) in [7, 11) is 2.15. The molecule has 3 rings (SSSR count). The van der Waals surface area contributed by atoms with Crippen LogP contribution >= 0.6 is 0 Å². The number of anilines is 1. The molecule has 0 unspecified atom stereocenters. The summed E-state index contributed by atoms with van der Waals surface area (Å²) < 4.78 is 0. The van der Waals surface area contributed by atoms with E-state index in [0.29, 0.717) is 12.5 Å². The standard InChI is InChI=1S/C20H33N7O/c1-3-21-20(24-16-19(28)27-8-4-5-9-27)23-15-17-6-7-22-18(14-17)26-12-10-25(2)11-13-26/h6-7,14H,3-5,8-13,15-16H2,1-2H3,(H2,21,23,24). The van der Waals surface area contributed by atoms with Crippen LogP contribution in [-0.4, -0.2) is 86.1 Å². The molecule has 28 heavy (non-hydrogen) atoms. The Labute approximate surface area is 168 Å². The van der Waals surface area contributed by atoms with Gasteiger partial charge in [-0.2, -0.15) is 0 Å². The van der Waals surface area contributed by atoms with Gasteiger partial charge in [-0.05, 0) is 44.5 Å². The molecule has 2 N–H and O–H groups in total. The van der Waals surface area contributed by atoms with E-state index in [1.54, 1.807) is 0 Å². The average molecular weight is 388 g/mol. The first-order chi connectivity index (χ1) is 13.7. The minimum absolute atomic E-state index is 0.143. The van der Waals surface area contributed by atoms with Crippen LogP contribution in [0.3, 0.4) is 0 Å². The number of aliphatic imine (C=N–C) groups is 1. The summed E-state index contributed by atoms with van der Waals surface area (Å²) in [5, 5.41) is 6.38. The van der Waals surface area contributed by atoms with Gasteiger partial charge in [0, 0.05) is 52.0 Å². The second-order valence-electron chi connectivity index (χ2n) is 7.45. The Hall–Kier alpha value is -2.35. The van der Waals surface area contributed by atoms with Crippen molar-refractivity contribution in [3.8, 4) is 0 Å². The molecule has 1 aromatic heterocycles. The molecular weight excluding hydrogens is 354 g/mol. The number of aromatic nitrogens is 1. The summed E-state index contributed by atoms with van der Waals surface area (Å²) in [6.07, 6.45) is 4.07. The van der Waals surface area contributed by atoms with Crippen molar-refractivity contribution in [1.82, 2.24) is 25.4 Å². The number of carbonyl (C=O) groups is 1. The number of hydrogen-bond donors (Lipinski definition) is 2. The quantitative estimate of drug-likeness (QED) is 0.547. The van der Waals surface area contributed by atoms with E-state index < -0.39 is 0 Å². The molecule has 0 spiro atoms. The van der Waals surface area contributed by atoms with Crippen LogP contribution in [0.5, 0.6) is 0 Å². The summed E-state index contributed by atoms with van der Waals surface area (Å²) in [4.78, 5) is 28.0. The van der Waals surface area contributed by atoms with Crippen molar-refractivity contribution in [1.29, 1.82) is 0 Å². The monoisotopic (exact) mass is 387 g/mol. The van der Waals surface area contributed by atoms with E-state index in [4.69, 9.17) is 0 Å². The maximum absolute atomic E-state index is 12.2. The second-order valence-corrected chi connectivity index (χ2v) is 7.45. The molecule has 2 aliphatic rings. The van der Waals surface area contributed by atoms with Gasteiger partial charge in [0.05, 0.1) is 13.1 Å². The van der Waals surface area contributed by atoms with Gasteiger partial charge in [0.25, 0.3) is 0 Å². The summed E-state index contributed by atoms with van der Waals surface area (Å²) in [6.45, 7) is 9.49. The predicted octanol–water partition coefficient (Wildman–Crippen LogP) is 0.511. The number of piperazine rings is 1. The zero-order chi connectivity index (χ0) is 19.8. The van der Waals surface area contributed by atoms with Crippen LogP contribution in [0.15, 0.2) is 23.3 Å². The zero-order valence-electron chi connectivity index (χ0n) is 17.2. The molecule has 0 aliphatic carbocycles. The van der Waals surface area contributed by atoms with Gasteiger partial charge >= 0.3 is 0 Å². The van der Waals surface area contributed by atoms with Crippen LogP contribution in [0.4, 0.5) is 5.82 Å². The van der Waals surface area contributed by atoms with Crippen LogP contribution < -0.4 is 15.5 Å². The summed E-state index contributed by atoms with van der Waals surface area (Å²) in [6, 6.07) is 4.12. The molecule has 8 nitrogen and oxygen atoms in total. The lowest BCUT2D eigenvalue weighted by atomic mass is 10.2. The number of guanidine groups is 1. The third-order valence-corrected chi connectivity index (χ3v) is 5.27. The molecule has 0 bridgehead atoms. The van der Waals surface area contributed by atoms with Crippen LogP contribution in [0.25, 0.3) is 0 Å². The van der Waals surface area contributed by atoms with Crippen LogP contribution in [0, 0.1) is 0 Å². The van der Waals surface area contributed by atoms with E-state index in [0.717, 1.165) is 70.0 Å². The summed E-state index contributed by atoms with van der Waals surface area (Å²) in [5.41, 5.74) is 1.12. The van der Waals surface area contributed by atoms with Crippen LogP contribution in [0.2, 0.25) is 0 Å². The van der Waals surface area contributed by atoms with Crippen molar-refractivity contribution in [2.24, 2.45) is 4.99 Å². The van der Waals surface area contributed by atoms with Crippen molar-refractivity contribution in [2.75, 3.05) is 64.3 Å². The number of nitrogens with zero attached hydrogens (tertiary/aromatic N) is 5. The number of pyridine rings is 1. The van der Waals surface area contributed by atoms with Gasteiger partial charge < -0.3 is 25.3 Å². The van der Waals surface area contributed by atoms with Gasteiger partial charge in [-0.15, -0.1) is 0 Å². The van der Waals surface area contributed by atoms with Crippen molar-refractivity contribution in [3.63, 3.8) is 0 Å². The zero-order valence-corrected chi connectivity index (χ0v) is 17.2. The SMILES string of the molecule is CCNC(=NCc1ccnc(N2CCN(C)CC2)c1)NCC(=O)N1CCCC1. The third kappa shape index (κ3) is 5.82. The molecule has 154 valence electrons. The number of hydrogen-bond acceptors (Lipinski definition) is 5. The highest BCUT2D eigenvalue weighted by Gasteiger charge is 2.18. The topological polar surface area (TPSA) is 76.1 Å². The van der Waals surface area contributed by atoms with E-state index >= 15 is 0 Å². The molecule has 2 fully saturated rings. The third-order valence-electron chi connectivity index (χ3n) is 5.27. The Morgan fingerprint density at radius 2 is 1.89 bits per heavy atom. The number of rotatable bonds is 6. The largest absolute Gasteiger partial charge is 0.357 e. The number of carbonyl (C=O) groups excluding carboxylic acids is 1. The second kappa shape index (κ2) is 10.3. The highest BCUT2D eigenvalue weighted by atomic mass is 16.2. The molecule has 8 heteroatoms. The van der Waals surface area contributed by atoms with E-state index in [9.17, 15) is 4.79 Å². The first kappa shape index (κ1) is 20.4. The van der Waals surface area contributed by atoms with Gasteiger partial charge in [-0.1, -0.05) is 0 Å². The molecule has 1 amide bonds. The minimum Gasteiger partial charge on any atom is -0.357 e. The Kier molecular flexibility index (Phi) is 7.47. The molecule has 2 aliphatic heterocycles. The Morgan fingerprint density at radius 3 is 2.61 bits per heavy atom. The lowest BCUT2D eigenvalue weighted by Gasteiger charge is -2.33. The first-order valence-corrected chi connectivity index (χ1v) is 10.3. The number of amides is 1. The Balaban J connectivity index is 1.56. The highest BCUT2D eigenvalue weighted by Crippen LogP contribution is 2.15. The summed E-state index contributed by atoms with van der Waals surface area (Å²) >= 11 is 0. The average Bonchev–Trinajstić information content (AvgIpc) is 3.26. The molecule has 0 radical (unpaired) electrons. The lowest BCUT2D eigenvalue weighted by molar-refractivity contribution is -0.128. The van der Waals surface area contributed by atoms with E-state index in [1.807, 2.05) is 24.1 Å². The van der Waals surface area contributed by atoms with Crippen LogP contribution in [0.1, 0.15) is 25.3 Å². The summed E-state index contributed by atoms with van der Waals surface area (Å²) in [5.74, 6) is 1.83. The fraction of sp³-hybridized carbons (Fsp3) is 0.650. The highest BCUT2D eigenvalue weighted by molar-refractivity contribution is 5.86. The van der Waals surface area contributed by atoms with Gasteiger partial charge in [-0.3, -0.25) is 4.79 Å². The van der Waals surface area contributed by atoms with Crippen molar-refractivity contribution >= 4 is 17.7 Å². The molecule has 0 saturated carbocycles. The first-order valence-electron chi connectivity index (χ1n) is 10.3. The molecule has 3 heterocycles. The van der Waals surface area contributed by atoms with Crippen molar-refractivity contribution in [3.05, 3.63) is 23.9 Å². The smallest absolute Gasteiger partial charge is 0.241 e. The molecular formula is C20H33N7O. The number of likely N-dealkylation sites (tertiary alicyclic amines) is 1. The fourth-order valence-corrected chi connectivity index (χ4v) is 3.52. The normalized spacial score (nSPS) is 18.4. The number of likely N-dealkylation sites (N-methyl/N-ethyl adjacent to an activating group) is 1. The fourth-order valence-electron chi connectivity index (χ4n) is 3.52. The van der Waals surface area contributed by atoms with Gasteiger partial charge in [0.1, 0.15) is 5.82 Å². The van der Waals surface area contributed by atoms with E-state index in [-0.39, 0.29) is 12.5 Å².